The van der Waals surface area contributed by atoms with Crippen molar-refractivity contribution in [3.05, 3.63) is 30.1 Å². The van der Waals surface area contributed by atoms with Crippen molar-refractivity contribution in [1.29, 1.82) is 0 Å². The number of benzene rings is 1. The van der Waals surface area contributed by atoms with E-state index in [0.717, 1.165) is 25.9 Å². The molecule has 0 aliphatic carbocycles. The molecule has 0 aromatic heterocycles. The van der Waals surface area contributed by atoms with Crippen molar-refractivity contribution in [2.75, 3.05) is 25.5 Å². The molecule has 4 nitrogen and oxygen atoms in total. The lowest BCUT2D eigenvalue weighted by atomic mass is 10.1. The van der Waals surface area contributed by atoms with Crippen LogP contribution in [-0.4, -0.2) is 37.1 Å². The Hall–Kier alpha value is -1.62. The van der Waals surface area contributed by atoms with Gasteiger partial charge >= 0.3 is 6.03 Å². The largest absolute Gasteiger partial charge is 0.325 e. The number of carbonyl (C=O) groups excluding carboxylic acids is 1. The highest BCUT2D eigenvalue weighted by Crippen LogP contribution is 2.13. The summed E-state index contributed by atoms with van der Waals surface area (Å²) in [5.74, 6) is -0.350. The van der Waals surface area contributed by atoms with Gasteiger partial charge in [0.15, 0.2) is 0 Å². The van der Waals surface area contributed by atoms with E-state index in [2.05, 4.69) is 10.6 Å². The number of urea groups is 1. The summed E-state index contributed by atoms with van der Waals surface area (Å²) < 4.78 is 13.0. The molecule has 98 valence electrons. The zero-order valence-corrected chi connectivity index (χ0v) is 10.4. The molecule has 1 aromatic carbocycles. The van der Waals surface area contributed by atoms with Gasteiger partial charge in [-0.05, 0) is 44.1 Å². The Labute approximate surface area is 106 Å². The molecule has 1 aliphatic heterocycles. The van der Waals surface area contributed by atoms with Gasteiger partial charge in [0.05, 0.1) is 0 Å². The van der Waals surface area contributed by atoms with Crippen LogP contribution in [0.1, 0.15) is 12.8 Å². The van der Waals surface area contributed by atoms with Gasteiger partial charge in [0.1, 0.15) is 5.82 Å². The molecule has 0 atom stereocenters. The van der Waals surface area contributed by atoms with Crippen LogP contribution in [0.25, 0.3) is 0 Å². The van der Waals surface area contributed by atoms with Crippen molar-refractivity contribution in [3.8, 4) is 0 Å². The minimum atomic E-state index is -0.350. The summed E-state index contributed by atoms with van der Waals surface area (Å²) in [6, 6.07) is 5.99. The van der Waals surface area contributed by atoms with E-state index in [1.165, 1.54) is 12.1 Å². The van der Waals surface area contributed by atoms with Crippen LogP contribution in [0, 0.1) is 5.82 Å². The van der Waals surface area contributed by atoms with E-state index in [1.54, 1.807) is 24.1 Å². The summed E-state index contributed by atoms with van der Waals surface area (Å²) in [6.45, 7) is 1.87. The van der Waals surface area contributed by atoms with Crippen LogP contribution in [0.5, 0.6) is 0 Å². The van der Waals surface area contributed by atoms with E-state index in [9.17, 15) is 9.18 Å². The first-order chi connectivity index (χ1) is 8.66. The summed E-state index contributed by atoms with van der Waals surface area (Å²) in [7, 11) is 1.78. The predicted octanol–water partition coefficient (Wildman–Crippen LogP) is 2.04. The summed E-state index contributed by atoms with van der Waals surface area (Å²) >= 11 is 0. The number of hydrogen-bond acceptors (Lipinski definition) is 2. The summed E-state index contributed by atoms with van der Waals surface area (Å²) in [5, 5.41) is 5.96. The Bertz CT molecular complexity index is 418. The molecule has 2 amide bonds. The van der Waals surface area contributed by atoms with Crippen LogP contribution < -0.4 is 10.6 Å². The van der Waals surface area contributed by atoms with E-state index >= 15 is 0 Å². The van der Waals surface area contributed by atoms with Gasteiger partial charge < -0.3 is 15.5 Å². The average molecular weight is 251 g/mol. The van der Waals surface area contributed by atoms with Crippen molar-refractivity contribution in [2.24, 2.45) is 0 Å². The topological polar surface area (TPSA) is 44.4 Å². The molecule has 1 aliphatic rings. The standard InChI is InChI=1S/C13H18FN3O/c1-17(12-5-7-15-8-6-12)13(18)16-11-4-2-3-10(14)9-11/h2-4,9,12,15H,5-8H2,1H3,(H,16,18). The van der Waals surface area contributed by atoms with Crippen LogP contribution >= 0.6 is 0 Å². The monoisotopic (exact) mass is 251 g/mol. The number of hydrogen-bond donors (Lipinski definition) is 2. The van der Waals surface area contributed by atoms with E-state index in [1.807, 2.05) is 0 Å². The summed E-state index contributed by atoms with van der Waals surface area (Å²) in [6.07, 6.45) is 1.90. The molecule has 2 N–H and O–H groups in total. The molecule has 0 spiro atoms. The lowest BCUT2D eigenvalue weighted by Gasteiger charge is -2.31. The van der Waals surface area contributed by atoms with Gasteiger partial charge in [-0.3, -0.25) is 0 Å². The Balaban J connectivity index is 1.94. The fourth-order valence-electron chi connectivity index (χ4n) is 2.14. The summed E-state index contributed by atoms with van der Waals surface area (Å²) in [4.78, 5) is 13.7. The van der Waals surface area contributed by atoms with Crippen molar-refractivity contribution in [1.82, 2.24) is 10.2 Å². The third kappa shape index (κ3) is 3.20. The number of nitrogens with one attached hydrogen (secondary N) is 2. The van der Waals surface area contributed by atoms with Crippen molar-refractivity contribution in [3.63, 3.8) is 0 Å². The molecule has 18 heavy (non-hydrogen) atoms. The maximum Gasteiger partial charge on any atom is 0.321 e. The molecule has 0 unspecified atom stereocenters. The zero-order chi connectivity index (χ0) is 13.0. The van der Waals surface area contributed by atoms with Gasteiger partial charge in [-0.2, -0.15) is 0 Å². The van der Waals surface area contributed by atoms with Crippen molar-refractivity contribution >= 4 is 11.7 Å². The van der Waals surface area contributed by atoms with Crippen molar-refractivity contribution < 1.29 is 9.18 Å². The predicted molar refractivity (Wildman–Crippen MR) is 69.1 cm³/mol. The van der Waals surface area contributed by atoms with Crippen LogP contribution in [0.15, 0.2) is 24.3 Å². The third-order valence-corrected chi connectivity index (χ3v) is 3.25. The number of anilines is 1. The van der Waals surface area contributed by atoms with E-state index in [0.29, 0.717) is 5.69 Å². The lowest BCUT2D eigenvalue weighted by Crippen LogP contribution is -2.45. The van der Waals surface area contributed by atoms with E-state index < -0.39 is 0 Å². The second kappa shape index (κ2) is 5.82. The first-order valence-electron chi connectivity index (χ1n) is 6.17. The van der Waals surface area contributed by atoms with Crippen LogP contribution in [0.2, 0.25) is 0 Å². The molecule has 0 bridgehead atoms. The molecule has 0 radical (unpaired) electrons. The van der Waals surface area contributed by atoms with Crippen LogP contribution in [0.3, 0.4) is 0 Å². The van der Waals surface area contributed by atoms with Gasteiger partial charge in [-0.25, -0.2) is 9.18 Å². The number of amides is 2. The fourth-order valence-corrected chi connectivity index (χ4v) is 2.14. The SMILES string of the molecule is CN(C(=O)Nc1cccc(F)c1)C1CCNCC1. The molecule has 2 rings (SSSR count). The zero-order valence-electron chi connectivity index (χ0n) is 10.4. The van der Waals surface area contributed by atoms with Gasteiger partial charge in [-0.1, -0.05) is 6.07 Å². The first kappa shape index (κ1) is 12.8. The van der Waals surface area contributed by atoms with Crippen molar-refractivity contribution in [2.45, 2.75) is 18.9 Å². The van der Waals surface area contributed by atoms with Gasteiger partial charge in [-0.15, -0.1) is 0 Å². The normalized spacial score (nSPS) is 16.3. The quantitative estimate of drug-likeness (QED) is 0.845. The summed E-state index contributed by atoms with van der Waals surface area (Å²) in [5.41, 5.74) is 0.487. The molecular formula is C13H18FN3O. The number of rotatable bonds is 2. The minimum Gasteiger partial charge on any atom is -0.325 e. The lowest BCUT2D eigenvalue weighted by molar-refractivity contribution is 0.189. The maximum absolute atomic E-state index is 13.0. The second-order valence-electron chi connectivity index (χ2n) is 4.53. The maximum atomic E-state index is 13.0. The third-order valence-electron chi connectivity index (χ3n) is 3.25. The highest BCUT2D eigenvalue weighted by Gasteiger charge is 2.21. The number of nitrogens with zero attached hydrogens (tertiary/aromatic N) is 1. The molecule has 1 fully saturated rings. The smallest absolute Gasteiger partial charge is 0.321 e. The Morgan fingerprint density at radius 3 is 2.83 bits per heavy atom. The molecule has 5 heteroatoms. The number of halogens is 1. The number of piperidine rings is 1. The Morgan fingerprint density at radius 1 is 1.44 bits per heavy atom. The number of carbonyl (C=O) groups is 1. The van der Waals surface area contributed by atoms with Gasteiger partial charge in [0.25, 0.3) is 0 Å². The molecule has 1 aromatic rings. The van der Waals surface area contributed by atoms with E-state index in [-0.39, 0.29) is 17.9 Å². The molecular weight excluding hydrogens is 233 g/mol. The van der Waals surface area contributed by atoms with Gasteiger partial charge in [0.2, 0.25) is 0 Å². The minimum absolute atomic E-state index is 0.188. The molecule has 1 heterocycles. The fraction of sp³-hybridized carbons (Fsp3) is 0.462. The van der Waals surface area contributed by atoms with Crippen LogP contribution in [-0.2, 0) is 0 Å². The highest BCUT2D eigenvalue weighted by atomic mass is 19.1. The second-order valence-corrected chi connectivity index (χ2v) is 4.53. The highest BCUT2D eigenvalue weighted by molar-refractivity contribution is 5.89. The van der Waals surface area contributed by atoms with E-state index in [4.69, 9.17) is 0 Å². The first-order valence-corrected chi connectivity index (χ1v) is 6.17. The molecule has 1 saturated heterocycles. The Morgan fingerprint density at radius 2 is 2.17 bits per heavy atom. The molecule has 0 saturated carbocycles. The average Bonchev–Trinajstić information content (AvgIpc) is 2.39. The van der Waals surface area contributed by atoms with Gasteiger partial charge in [0, 0.05) is 18.8 Å². The van der Waals surface area contributed by atoms with Crippen LogP contribution in [0.4, 0.5) is 14.9 Å². The Kier molecular flexibility index (Phi) is 4.15.